The summed E-state index contributed by atoms with van der Waals surface area (Å²) in [6, 6.07) is 2.70. The highest BCUT2D eigenvalue weighted by Gasteiger charge is 2.85. The lowest BCUT2D eigenvalue weighted by Crippen LogP contribution is -2.60. The molecule has 6 nitrogen and oxygen atoms in total. The number of aliphatic carboxylic acids is 2. The maximum absolute atomic E-state index is 14.3. The van der Waals surface area contributed by atoms with Crippen LogP contribution in [0.25, 0.3) is 0 Å². The van der Waals surface area contributed by atoms with E-state index in [0.717, 1.165) is 18.2 Å². The lowest BCUT2D eigenvalue weighted by atomic mass is 9.88. The average molecular weight is 345 g/mol. The van der Waals surface area contributed by atoms with Gasteiger partial charge in [0.15, 0.2) is 0 Å². The highest BCUT2D eigenvalue weighted by molar-refractivity contribution is 5.90. The number of carboxylic acids is 2. The summed E-state index contributed by atoms with van der Waals surface area (Å²) in [5.41, 5.74) is 0.690. The van der Waals surface area contributed by atoms with Crippen LogP contribution in [0.1, 0.15) is 12.0 Å². The van der Waals surface area contributed by atoms with E-state index in [4.69, 9.17) is 15.6 Å². The van der Waals surface area contributed by atoms with E-state index in [1.807, 2.05) is 0 Å². The summed E-state index contributed by atoms with van der Waals surface area (Å²) in [5, 5.41) is 18.3. The van der Waals surface area contributed by atoms with Crippen LogP contribution in [-0.4, -0.2) is 39.5 Å². The zero-order valence-electron chi connectivity index (χ0n) is 12.2. The van der Waals surface area contributed by atoms with Crippen LogP contribution >= 0.6 is 0 Å². The topological polar surface area (TPSA) is 110 Å². The van der Waals surface area contributed by atoms with E-state index in [2.05, 4.69) is 0 Å². The molecule has 2 saturated carbocycles. The number of carboxylic acid groups (broad SMARTS) is 2. The van der Waals surface area contributed by atoms with E-state index in [9.17, 15) is 27.9 Å². The zero-order valence-corrected chi connectivity index (χ0v) is 12.2. The third-order valence-electron chi connectivity index (χ3n) is 4.95. The Hall–Kier alpha value is -2.13. The number of alkyl halides is 1. The number of nitrogens with two attached hydrogens (primary N) is 1. The number of halogens is 3. The molecule has 130 valence electrons. The molecule has 0 radical (unpaired) electrons. The van der Waals surface area contributed by atoms with E-state index in [0.29, 0.717) is 0 Å². The third-order valence-corrected chi connectivity index (χ3v) is 4.95. The first-order valence-corrected chi connectivity index (χ1v) is 7.13. The fourth-order valence-electron chi connectivity index (χ4n) is 3.65. The van der Waals surface area contributed by atoms with Crippen molar-refractivity contribution in [1.82, 2.24) is 0 Å². The molecule has 2 fully saturated rings. The molecule has 1 aromatic carbocycles. The van der Waals surface area contributed by atoms with Crippen LogP contribution in [0.3, 0.4) is 0 Å². The Bertz CT molecular complexity index is 729. The number of benzene rings is 1. The van der Waals surface area contributed by atoms with Gasteiger partial charge in [0.25, 0.3) is 0 Å². The molecular formula is C15H14F3NO5. The minimum atomic E-state index is -2.70. The van der Waals surface area contributed by atoms with Gasteiger partial charge in [0, 0.05) is 17.4 Å². The zero-order chi connectivity index (χ0) is 17.9. The van der Waals surface area contributed by atoms with Crippen LogP contribution in [0, 0.1) is 23.5 Å². The summed E-state index contributed by atoms with van der Waals surface area (Å²) in [6.45, 7) is -0.466. The Morgan fingerprint density at radius 2 is 1.96 bits per heavy atom. The van der Waals surface area contributed by atoms with Gasteiger partial charge in [-0.3, -0.25) is 4.79 Å². The minimum absolute atomic E-state index is 0.145. The minimum Gasteiger partial charge on any atom is -0.480 e. The number of hydrogen-bond acceptors (Lipinski definition) is 4. The van der Waals surface area contributed by atoms with Gasteiger partial charge in [-0.2, -0.15) is 0 Å². The van der Waals surface area contributed by atoms with E-state index in [1.54, 1.807) is 0 Å². The van der Waals surface area contributed by atoms with Gasteiger partial charge in [-0.1, -0.05) is 0 Å². The molecule has 24 heavy (non-hydrogen) atoms. The van der Waals surface area contributed by atoms with E-state index < -0.39 is 59.3 Å². The van der Waals surface area contributed by atoms with Gasteiger partial charge < -0.3 is 20.7 Å². The van der Waals surface area contributed by atoms with Crippen LogP contribution in [-0.2, 0) is 20.9 Å². The van der Waals surface area contributed by atoms with Crippen molar-refractivity contribution in [2.45, 2.75) is 30.3 Å². The summed E-state index contributed by atoms with van der Waals surface area (Å²) in [5.74, 6) is -7.32. The van der Waals surface area contributed by atoms with Gasteiger partial charge in [0.1, 0.15) is 17.2 Å². The van der Waals surface area contributed by atoms with Crippen LogP contribution in [0.2, 0.25) is 0 Å². The fraction of sp³-hybridized carbons (Fsp3) is 0.467. The molecule has 1 aromatic rings. The molecule has 2 aliphatic carbocycles. The van der Waals surface area contributed by atoms with Gasteiger partial charge in [-0.25, -0.2) is 18.0 Å². The second kappa shape index (κ2) is 5.18. The molecular weight excluding hydrogens is 331 g/mol. The van der Waals surface area contributed by atoms with Gasteiger partial charge in [0.2, 0.25) is 5.67 Å². The molecule has 2 aliphatic rings. The van der Waals surface area contributed by atoms with Crippen LogP contribution < -0.4 is 5.73 Å². The van der Waals surface area contributed by atoms with Crippen molar-refractivity contribution in [2.24, 2.45) is 17.6 Å². The maximum Gasteiger partial charge on any atom is 0.342 e. The average Bonchev–Trinajstić information content (AvgIpc) is 2.98. The molecule has 9 heteroatoms. The second-order valence-electron chi connectivity index (χ2n) is 6.17. The van der Waals surface area contributed by atoms with Gasteiger partial charge in [-0.05, 0) is 24.6 Å². The van der Waals surface area contributed by atoms with Crippen molar-refractivity contribution >= 4 is 11.9 Å². The molecule has 0 spiro atoms. The lowest BCUT2D eigenvalue weighted by molar-refractivity contribution is -0.156. The van der Waals surface area contributed by atoms with Crippen molar-refractivity contribution in [3.63, 3.8) is 0 Å². The highest BCUT2D eigenvalue weighted by atomic mass is 19.1. The summed E-state index contributed by atoms with van der Waals surface area (Å²) in [4.78, 5) is 22.5. The van der Waals surface area contributed by atoms with Crippen molar-refractivity contribution in [2.75, 3.05) is 0 Å². The first kappa shape index (κ1) is 16.7. The van der Waals surface area contributed by atoms with E-state index in [1.165, 1.54) is 0 Å². The van der Waals surface area contributed by atoms with Crippen molar-refractivity contribution < 1.29 is 37.7 Å². The fourth-order valence-corrected chi connectivity index (χ4v) is 3.65. The van der Waals surface area contributed by atoms with Crippen molar-refractivity contribution in [3.8, 4) is 0 Å². The molecule has 0 unspecified atom stereocenters. The smallest absolute Gasteiger partial charge is 0.342 e. The van der Waals surface area contributed by atoms with Crippen LogP contribution in [0.5, 0.6) is 0 Å². The van der Waals surface area contributed by atoms with Gasteiger partial charge in [0.05, 0.1) is 12.7 Å². The van der Waals surface area contributed by atoms with Gasteiger partial charge >= 0.3 is 11.9 Å². The third kappa shape index (κ3) is 2.11. The predicted octanol–water partition coefficient (Wildman–Crippen LogP) is 1.07. The Morgan fingerprint density at radius 1 is 1.29 bits per heavy atom. The quantitative estimate of drug-likeness (QED) is 0.736. The molecule has 0 heterocycles. The van der Waals surface area contributed by atoms with E-state index in [-0.39, 0.29) is 12.0 Å². The molecule has 0 bridgehead atoms. The normalized spacial score (nSPS) is 37.1. The lowest BCUT2D eigenvalue weighted by Gasteiger charge is -2.31. The summed E-state index contributed by atoms with van der Waals surface area (Å²) in [6.07, 6.45) is -1.44. The molecule has 4 N–H and O–H groups in total. The van der Waals surface area contributed by atoms with Crippen LogP contribution in [0.4, 0.5) is 13.2 Å². The number of carbonyl (C=O) groups is 2. The van der Waals surface area contributed by atoms with Crippen molar-refractivity contribution in [1.29, 1.82) is 0 Å². The summed E-state index contributed by atoms with van der Waals surface area (Å²) >= 11 is 0. The molecule has 3 rings (SSSR count). The Labute approximate surface area is 134 Å². The van der Waals surface area contributed by atoms with Crippen LogP contribution in [0.15, 0.2) is 18.2 Å². The Morgan fingerprint density at radius 3 is 2.54 bits per heavy atom. The monoisotopic (exact) mass is 345 g/mol. The molecule has 5 atom stereocenters. The first-order valence-electron chi connectivity index (χ1n) is 7.13. The SMILES string of the molecule is N[C@]1(C(=O)O)[C@H]2[C@@H](C[C@H]1OCc1cc(F)ccc1F)[C@]2(F)C(=O)O. The summed E-state index contributed by atoms with van der Waals surface area (Å²) < 4.78 is 46.3. The second-order valence-corrected chi connectivity index (χ2v) is 6.17. The molecule has 0 aliphatic heterocycles. The molecule has 0 saturated heterocycles. The standard InChI is InChI=1S/C15H14F3NO5/c16-7-1-2-9(17)6(3-7)5-24-10-4-8-11(14(8,18)12(20)21)15(10,19)13(22)23/h1-3,8,10-11H,4-5,19H2,(H,20,21)(H,22,23)/t8-,10-,11+,14-,15+/m1/s1. The Kier molecular flexibility index (Phi) is 3.61. The molecule has 0 aromatic heterocycles. The first-order chi connectivity index (χ1) is 11.1. The number of hydrogen-bond donors (Lipinski definition) is 3. The number of ether oxygens (including phenoxy) is 1. The number of fused-ring (bicyclic) bond motifs is 1. The van der Waals surface area contributed by atoms with Crippen molar-refractivity contribution in [3.05, 3.63) is 35.4 Å². The largest absolute Gasteiger partial charge is 0.480 e. The van der Waals surface area contributed by atoms with E-state index >= 15 is 0 Å². The number of rotatable bonds is 5. The molecule has 0 amide bonds. The Balaban J connectivity index is 1.79. The maximum atomic E-state index is 14.3. The predicted molar refractivity (Wildman–Crippen MR) is 72.6 cm³/mol. The summed E-state index contributed by atoms with van der Waals surface area (Å²) in [7, 11) is 0. The van der Waals surface area contributed by atoms with Gasteiger partial charge in [-0.15, -0.1) is 0 Å². The highest BCUT2D eigenvalue weighted by Crippen LogP contribution is 2.67.